The van der Waals surface area contributed by atoms with Crippen LogP contribution in [0.15, 0.2) is 4.99 Å². The average Bonchev–Trinajstić information content (AvgIpc) is 2.84. The van der Waals surface area contributed by atoms with E-state index in [9.17, 15) is 0 Å². The third-order valence-corrected chi connectivity index (χ3v) is 4.30. The Morgan fingerprint density at radius 3 is 2.46 bits per heavy atom. The normalized spacial score (nSPS) is 21.5. The number of nitrogens with zero attached hydrogens (tertiary/aromatic N) is 4. The average molecular weight is 450 g/mol. The van der Waals surface area contributed by atoms with Crippen LogP contribution in [-0.4, -0.2) is 46.0 Å². The molecular formula is C16H31IN6O. The molecule has 7 nitrogen and oxygen atoms in total. The Bertz CT molecular complexity index is 523. The highest BCUT2D eigenvalue weighted by atomic mass is 127. The van der Waals surface area contributed by atoms with Crippen molar-refractivity contribution in [2.75, 3.05) is 7.05 Å². The zero-order valence-electron chi connectivity index (χ0n) is 15.4. The molecule has 1 aromatic heterocycles. The fourth-order valence-electron chi connectivity index (χ4n) is 2.88. The fourth-order valence-corrected chi connectivity index (χ4v) is 2.88. The number of nitrogens with one attached hydrogen (secondary N) is 2. The molecule has 2 rings (SSSR count). The summed E-state index contributed by atoms with van der Waals surface area (Å²) in [4.78, 5) is 4.31. The number of aliphatic imine (C=N–C) groups is 1. The number of ether oxygens (including phenoxy) is 1. The van der Waals surface area contributed by atoms with Crippen molar-refractivity contribution >= 4 is 29.9 Å². The summed E-state index contributed by atoms with van der Waals surface area (Å²) >= 11 is 0. The quantitative estimate of drug-likeness (QED) is 0.409. The van der Waals surface area contributed by atoms with Crippen LogP contribution in [0.1, 0.15) is 51.2 Å². The van der Waals surface area contributed by atoms with E-state index in [-0.39, 0.29) is 24.0 Å². The van der Waals surface area contributed by atoms with Crippen LogP contribution < -0.4 is 10.6 Å². The zero-order chi connectivity index (χ0) is 16.8. The van der Waals surface area contributed by atoms with Gasteiger partial charge in [0.05, 0.1) is 18.8 Å². The maximum atomic E-state index is 5.90. The lowest BCUT2D eigenvalue weighted by Crippen LogP contribution is -2.45. The summed E-state index contributed by atoms with van der Waals surface area (Å²) in [5.74, 6) is 2.63. The molecule has 1 heterocycles. The molecule has 0 saturated heterocycles. The van der Waals surface area contributed by atoms with E-state index in [1.54, 1.807) is 7.05 Å². The number of aromatic nitrogens is 3. The molecule has 1 aliphatic carbocycles. The summed E-state index contributed by atoms with van der Waals surface area (Å²) in [7, 11) is 3.77. The predicted molar refractivity (Wildman–Crippen MR) is 107 cm³/mol. The highest BCUT2D eigenvalue weighted by Crippen LogP contribution is 2.22. The van der Waals surface area contributed by atoms with Crippen molar-refractivity contribution < 1.29 is 4.74 Å². The molecule has 0 aliphatic heterocycles. The topological polar surface area (TPSA) is 76.4 Å². The predicted octanol–water partition coefficient (Wildman–Crippen LogP) is 2.14. The number of aryl methyl sites for hydroxylation is 1. The van der Waals surface area contributed by atoms with Gasteiger partial charge in [-0.15, -0.1) is 34.2 Å². The van der Waals surface area contributed by atoms with Gasteiger partial charge in [0, 0.05) is 20.1 Å². The molecule has 0 spiro atoms. The van der Waals surface area contributed by atoms with E-state index >= 15 is 0 Å². The van der Waals surface area contributed by atoms with E-state index in [1.807, 2.05) is 18.5 Å². The number of hydrogen-bond acceptors (Lipinski definition) is 4. The number of hydrogen-bond donors (Lipinski definition) is 2. The Labute approximate surface area is 162 Å². The summed E-state index contributed by atoms with van der Waals surface area (Å²) in [6, 6.07) is 0.453. The van der Waals surface area contributed by atoms with Gasteiger partial charge >= 0.3 is 0 Å². The first kappa shape index (κ1) is 21.1. The Morgan fingerprint density at radius 2 is 1.96 bits per heavy atom. The van der Waals surface area contributed by atoms with Crippen LogP contribution in [0.4, 0.5) is 0 Å². The van der Waals surface area contributed by atoms with Crippen molar-refractivity contribution in [2.45, 2.75) is 71.2 Å². The van der Waals surface area contributed by atoms with Gasteiger partial charge in [-0.2, -0.15) is 0 Å². The van der Waals surface area contributed by atoms with Gasteiger partial charge in [0.25, 0.3) is 0 Å². The van der Waals surface area contributed by atoms with Crippen molar-refractivity contribution in [3.63, 3.8) is 0 Å². The van der Waals surface area contributed by atoms with E-state index in [0.29, 0.717) is 24.8 Å². The van der Waals surface area contributed by atoms with Gasteiger partial charge in [0.2, 0.25) is 0 Å². The fraction of sp³-hybridized carbons (Fsp3) is 0.812. The monoisotopic (exact) mass is 450 g/mol. The molecule has 1 aliphatic rings. The SMILES string of the molecule is CN=C(NCc1nnc(C)n1C)NC1CCC(OC(C)C)CC1.I. The van der Waals surface area contributed by atoms with E-state index < -0.39 is 0 Å². The van der Waals surface area contributed by atoms with Gasteiger partial charge < -0.3 is 19.9 Å². The molecule has 0 amide bonds. The summed E-state index contributed by atoms with van der Waals surface area (Å²) < 4.78 is 7.88. The molecule has 0 atom stereocenters. The Morgan fingerprint density at radius 1 is 1.29 bits per heavy atom. The van der Waals surface area contributed by atoms with Crippen LogP contribution in [0.5, 0.6) is 0 Å². The van der Waals surface area contributed by atoms with Crippen molar-refractivity contribution in [2.24, 2.45) is 12.0 Å². The minimum atomic E-state index is 0. The van der Waals surface area contributed by atoms with Crippen LogP contribution in [0, 0.1) is 6.92 Å². The molecule has 0 bridgehead atoms. The Kier molecular flexibility index (Phi) is 8.96. The number of halogens is 1. The van der Waals surface area contributed by atoms with Gasteiger partial charge in [-0.05, 0) is 46.5 Å². The molecule has 24 heavy (non-hydrogen) atoms. The number of rotatable bonds is 5. The second-order valence-electron chi connectivity index (χ2n) is 6.45. The van der Waals surface area contributed by atoms with E-state index in [4.69, 9.17) is 4.74 Å². The van der Waals surface area contributed by atoms with E-state index in [2.05, 4.69) is 39.7 Å². The lowest BCUT2D eigenvalue weighted by atomic mass is 9.93. The van der Waals surface area contributed by atoms with Crippen LogP contribution in [0.3, 0.4) is 0 Å². The second-order valence-corrected chi connectivity index (χ2v) is 6.45. The highest BCUT2D eigenvalue weighted by Gasteiger charge is 2.23. The largest absolute Gasteiger partial charge is 0.376 e. The third-order valence-electron chi connectivity index (χ3n) is 4.30. The van der Waals surface area contributed by atoms with Gasteiger partial charge in [0.1, 0.15) is 5.82 Å². The molecular weight excluding hydrogens is 419 g/mol. The lowest BCUT2D eigenvalue weighted by molar-refractivity contribution is -0.0152. The molecule has 1 saturated carbocycles. The lowest BCUT2D eigenvalue weighted by Gasteiger charge is -2.31. The van der Waals surface area contributed by atoms with Crippen molar-refractivity contribution in [3.05, 3.63) is 11.6 Å². The van der Waals surface area contributed by atoms with E-state index in [1.165, 1.54) is 0 Å². The van der Waals surface area contributed by atoms with Crippen molar-refractivity contribution in [3.8, 4) is 0 Å². The van der Waals surface area contributed by atoms with E-state index in [0.717, 1.165) is 43.3 Å². The van der Waals surface area contributed by atoms with Gasteiger partial charge in [-0.1, -0.05) is 0 Å². The Balaban J connectivity index is 0.00000288. The van der Waals surface area contributed by atoms with Crippen molar-refractivity contribution in [1.82, 2.24) is 25.4 Å². The third kappa shape index (κ3) is 6.19. The van der Waals surface area contributed by atoms with Crippen LogP contribution in [0.25, 0.3) is 0 Å². The molecule has 8 heteroatoms. The molecule has 138 valence electrons. The minimum Gasteiger partial charge on any atom is -0.376 e. The first-order valence-electron chi connectivity index (χ1n) is 8.47. The highest BCUT2D eigenvalue weighted by molar-refractivity contribution is 14.0. The van der Waals surface area contributed by atoms with Gasteiger partial charge in [-0.25, -0.2) is 0 Å². The smallest absolute Gasteiger partial charge is 0.191 e. The molecule has 0 unspecified atom stereocenters. The van der Waals surface area contributed by atoms with Gasteiger partial charge in [0.15, 0.2) is 11.8 Å². The van der Waals surface area contributed by atoms with Crippen LogP contribution in [-0.2, 0) is 18.3 Å². The Hall–Kier alpha value is -0.900. The molecule has 2 N–H and O–H groups in total. The summed E-state index contributed by atoms with van der Waals surface area (Å²) in [5, 5.41) is 15.0. The zero-order valence-corrected chi connectivity index (χ0v) is 17.7. The molecule has 1 aromatic rings. The maximum Gasteiger partial charge on any atom is 0.191 e. The summed E-state index contributed by atoms with van der Waals surface area (Å²) in [6.45, 7) is 6.76. The first-order chi connectivity index (χ1) is 11.0. The van der Waals surface area contributed by atoms with Crippen LogP contribution in [0.2, 0.25) is 0 Å². The molecule has 1 fully saturated rings. The summed E-state index contributed by atoms with van der Waals surface area (Å²) in [5.41, 5.74) is 0. The summed E-state index contributed by atoms with van der Waals surface area (Å²) in [6.07, 6.45) is 5.16. The van der Waals surface area contributed by atoms with Crippen molar-refractivity contribution in [1.29, 1.82) is 0 Å². The minimum absolute atomic E-state index is 0. The second kappa shape index (κ2) is 10.2. The van der Waals surface area contributed by atoms with Gasteiger partial charge in [-0.3, -0.25) is 4.99 Å². The standard InChI is InChI=1S/C16H30N6O.HI/c1-11(2)23-14-8-6-13(7-9-14)19-16(17-4)18-10-15-21-20-12(3)22(15)5;/h11,13-14H,6-10H2,1-5H3,(H2,17,18,19);1H. The molecule has 0 radical (unpaired) electrons. The maximum absolute atomic E-state index is 5.90. The first-order valence-corrected chi connectivity index (χ1v) is 8.47. The number of guanidine groups is 1. The van der Waals surface area contributed by atoms with Crippen LogP contribution >= 0.6 is 24.0 Å². The molecule has 0 aromatic carbocycles.